The van der Waals surface area contributed by atoms with Crippen LogP contribution < -0.4 is 10.1 Å². The zero-order chi connectivity index (χ0) is 15.6. The van der Waals surface area contributed by atoms with Gasteiger partial charge in [0.2, 0.25) is 5.91 Å². The lowest BCUT2D eigenvalue weighted by molar-refractivity contribution is -0.132. The summed E-state index contributed by atoms with van der Waals surface area (Å²) in [6, 6.07) is 3.87. The molecule has 1 aliphatic heterocycles. The van der Waals surface area contributed by atoms with Crippen LogP contribution in [0.4, 0.5) is 8.78 Å². The summed E-state index contributed by atoms with van der Waals surface area (Å²) in [6.45, 7) is -0.219. The minimum absolute atomic E-state index is 0.00679. The predicted octanol–water partition coefficient (Wildman–Crippen LogP) is 1.36. The van der Waals surface area contributed by atoms with Gasteiger partial charge < -0.3 is 14.7 Å². The zero-order valence-electron chi connectivity index (χ0n) is 11.9. The maximum Gasteiger partial charge on any atom is 0.262 e. The van der Waals surface area contributed by atoms with E-state index in [0.717, 1.165) is 5.56 Å². The third kappa shape index (κ3) is 3.60. The maximum atomic E-state index is 13.1. The zero-order valence-corrected chi connectivity index (χ0v) is 11.9. The second-order valence-electron chi connectivity index (χ2n) is 5.19. The molecule has 2 rings (SSSR count). The second-order valence-corrected chi connectivity index (χ2v) is 5.19. The van der Waals surface area contributed by atoms with Crippen LogP contribution in [0.15, 0.2) is 18.2 Å². The molecule has 5 nitrogen and oxygen atoms in total. The van der Waals surface area contributed by atoms with Crippen LogP contribution in [-0.4, -0.2) is 48.6 Å². The first kappa shape index (κ1) is 15.5. The van der Waals surface area contributed by atoms with E-state index < -0.39 is 24.9 Å². The molecule has 21 heavy (non-hydrogen) atoms. The van der Waals surface area contributed by atoms with Gasteiger partial charge in [0.05, 0.1) is 19.7 Å². The first-order valence-electron chi connectivity index (χ1n) is 6.54. The van der Waals surface area contributed by atoms with Crippen LogP contribution in [0.5, 0.6) is 11.5 Å². The van der Waals surface area contributed by atoms with Crippen molar-refractivity contribution in [3.63, 3.8) is 0 Å². The molecule has 1 aliphatic rings. The van der Waals surface area contributed by atoms with Gasteiger partial charge in [-0.15, -0.1) is 0 Å². The lowest BCUT2D eigenvalue weighted by Crippen LogP contribution is -2.41. The number of amides is 1. The Morgan fingerprint density at radius 3 is 2.86 bits per heavy atom. The Balaban J connectivity index is 2.01. The number of phenols is 1. The molecule has 1 atom stereocenters. The van der Waals surface area contributed by atoms with Crippen LogP contribution in [0.25, 0.3) is 0 Å². The number of hydrogen-bond acceptors (Lipinski definition) is 4. The van der Waals surface area contributed by atoms with Crippen molar-refractivity contribution in [3.8, 4) is 11.5 Å². The number of hydrogen-bond donors (Lipinski definition) is 2. The van der Waals surface area contributed by atoms with E-state index in [9.17, 15) is 18.7 Å². The predicted molar refractivity (Wildman–Crippen MR) is 72.5 cm³/mol. The summed E-state index contributed by atoms with van der Waals surface area (Å²) in [5.41, 5.74) is 0.741. The standard InChI is InChI=1S/C14H18F2N2O3/c1-18(13(20)10-6-14(15,16)8-17-10)7-9-3-4-11(19)12(5-9)21-2/h3-5,10,17,19H,6-8H2,1-2H3. The molecule has 2 N–H and O–H groups in total. The van der Waals surface area contributed by atoms with E-state index in [2.05, 4.69) is 5.32 Å². The number of likely N-dealkylation sites (N-methyl/N-ethyl adjacent to an activating group) is 1. The number of nitrogens with one attached hydrogen (secondary N) is 1. The minimum Gasteiger partial charge on any atom is -0.504 e. The number of alkyl halides is 2. The summed E-state index contributed by atoms with van der Waals surface area (Å²) in [6.07, 6.45) is -0.477. The summed E-state index contributed by atoms with van der Waals surface area (Å²) in [4.78, 5) is 13.5. The maximum absolute atomic E-state index is 13.1. The van der Waals surface area contributed by atoms with E-state index in [1.54, 1.807) is 19.2 Å². The number of rotatable bonds is 4. The SMILES string of the molecule is COc1cc(CN(C)C(=O)C2CC(F)(F)CN2)ccc1O. The fourth-order valence-electron chi connectivity index (χ4n) is 2.33. The average molecular weight is 300 g/mol. The van der Waals surface area contributed by atoms with E-state index in [0.29, 0.717) is 5.75 Å². The van der Waals surface area contributed by atoms with Crippen molar-refractivity contribution >= 4 is 5.91 Å². The van der Waals surface area contributed by atoms with Crippen molar-refractivity contribution in [2.75, 3.05) is 20.7 Å². The Bertz CT molecular complexity index is 537. The molecule has 1 heterocycles. The fourth-order valence-corrected chi connectivity index (χ4v) is 2.33. The number of carbonyl (C=O) groups is 1. The molecule has 0 aliphatic carbocycles. The molecule has 116 valence electrons. The molecule has 7 heteroatoms. The number of halogens is 2. The molecule has 1 aromatic rings. The highest BCUT2D eigenvalue weighted by Crippen LogP contribution is 2.28. The van der Waals surface area contributed by atoms with Crippen LogP contribution >= 0.6 is 0 Å². The molecule has 0 radical (unpaired) electrons. The summed E-state index contributed by atoms with van der Waals surface area (Å²) in [7, 11) is 2.98. The van der Waals surface area contributed by atoms with Crippen LogP contribution in [0.2, 0.25) is 0 Å². The number of aromatic hydroxyl groups is 1. The van der Waals surface area contributed by atoms with Gasteiger partial charge in [-0.05, 0) is 17.7 Å². The third-order valence-corrected chi connectivity index (χ3v) is 3.45. The van der Waals surface area contributed by atoms with Crippen molar-refractivity contribution in [3.05, 3.63) is 23.8 Å². The van der Waals surface area contributed by atoms with Gasteiger partial charge in [-0.3, -0.25) is 10.1 Å². The molecular formula is C14H18F2N2O3. The summed E-state index contributed by atoms with van der Waals surface area (Å²) in [5, 5.41) is 12.0. The summed E-state index contributed by atoms with van der Waals surface area (Å²) >= 11 is 0. The van der Waals surface area contributed by atoms with Crippen LogP contribution in [-0.2, 0) is 11.3 Å². The van der Waals surface area contributed by atoms with E-state index in [1.807, 2.05) is 0 Å². The normalized spacial score (nSPS) is 20.3. The largest absolute Gasteiger partial charge is 0.504 e. The van der Waals surface area contributed by atoms with E-state index in [4.69, 9.17) is 4.74 Å². The van der Waals surface area contributed by atoms with E-state index >= 15 is 0 Å². The Labute approximate surface area is 121 Å². The topological polar surface area (TPSA) is 61.8 Å². The smallest absolute Gasteiger partial charge is 0.262 e. The number of methoxy groups -OCH3 is 1. The Morgan fingerprint density at radius 1 is 1.57 bits per heavy atom. The quantitative estimate of drug-likeness (QED) is 0.881. The van der Waals surface area contributed by atoms with Gasteiger partial charge in [0, 0.05) is 20.0 Å². The molecular weight excluding hydrogens is 282 g/mol. The van der Waals surface area contributed by atoms with Crippen molar-refractivity contribution < 1.29 is 23.4 Å². The molecule has 1 unspecified atom stereocenters. The van der Waals surface area contributed by atoms with Crippen molar-refractivity contribution in [2.45, 2.75) is 24.9 Å². The monoisotopic (exact) mass is 300 g/mol. The van der Waals surface area contributed by atoms with Crippen LogP contribution in [0.3, 0.4) is 0 Å². The highest BCUT2D eigenvalue weighted by atomic mass is 19.3. The second kappa shape index (κ2) is 5.85. The molecule has 1 aromatic carbocycles. The summed E-state index contributed by atoms with van der Waals surface area (Å²) < 4.78 is 31.2. The molecule has 0 aromatic heterocycles. The Hall–Kier alpha value is -1.89. The van der Waals surface area contributed by atoms with Gasteiger partial charge in [0.1, 0.15) is 0 Å². The highest BCUT2D eigenvalue weighted by molar-refractivity contribution is 5.82. The minimum atomic E-state index is -2.83. The number of phenolic OH excluding ortho intramolecular Hbond substituents is 1. The van der Waals surface area contributed by atoms with Crippen LogP contribution in [0.1, 0.15) is 12.0 Å². The lowest BCUT2D eigenvalue weighted by Gasteiger charge is -2.21. The average Bonchev–Trinajstić information content (AvgIpc) is 2.80. The molecule has 1 fully saturated rings. The first-order valence-corrected chi connectivity index (χ1v) is 6.54. The fraction of sp³-hybridized carbons (Fsp3) is 0.500. The molecule has 1 saturated heterocycles. The third-order valence-electron chi connectivity index (χ3n) is 3.45. The van der Waals surface area contributed by atoms with Crippen molar-refractivity contribution in [1.82, 2.24) is 10.2 Å². The number of nitrogens with zero attached hydrogens (tertiary/aromatic N) is 1. The summed E-state index contributed by atoms with van der Waals surface area (Å²) in [5.74, 6) is -2.89. The Kier molecular flexibility index (Phi) is 4.32. The lowest BCUT2D eigenvalue weighted by atomic mass is 10.1. The van der Waals surface area contributed by atoms with Gasteiger partial charge in [-0.1, -0.05) is 6.07 Å². The highest BCUT2D eigenvalue weighted by Gasteiger charge is 2.43. The number of ether oxygens (including phenoxy) is 1. The van der Waals surface area contributed by atoms with Gasteiger partial charge in [0.25, 0.3) is 5.92 Å². The Morgan fingerprint density at radius 2 is 2.29 bits per heavy atom. The van der Waals surface area contributed by atoms with E-state index in [1.165, 1.54) is 18.1 Å². The first-order chi connectivity index (χ1) is 9.82. The molecule has 0 bridgehead atoms. The number of carbonyl (C=O) groups excluding carboxylic acids is 1. The molecule has 1 amide bonds. The van der Waals surface area contributed by atoms with Gasteiger partial charge in [0.15, 0.2) is 11.5 Å². The van der Waals surface area contributed by atoms with Gasteiger partial charge >= 0.3 is 0 Å². The van der Waals surface area contributed by atoms with Gasteiger partial charge in [-0.25, -0.2) is 8.78 Å². The van der Waals surface area contributed by atoms with E-state index in [-0.39, 0.29) is 18.2 Å². The van der Waals surface area contributed by atoms with Crippen LogP contribution in [0, 0.1) is 0 Å². The van der Waals surface area contributed by atoms with Crippen molar-refractivity contribution in [2.24, 2.45) is 0 Å². The molecule has 0 saturated carbocycles. The number of benzene rings is 1. The van der Waals surface area contributed by atoms with Gasteiger partial charge in [-0.2, -0.15) is 0 Å². The molecule has 0 spiro atoms. The van der Waals surface area contributed by atoms with Crippen molar-refractivity contribution in [1.29, 1.82) is 0 Å².